The lowest BCUT2D eigenvalue weighted by atomic mass is 9.96. The fourth-order valence-corrected chi connectivity index (χ4v) is 3.64. The van der Waals surface area contributed by atoms with Crippen LogP contribution in [0.5, 0.6) is 0 Å². The smallest absolute Gasteiger partial charge is 0.0464 e. The van der Waals surface area contributed by atoms with Crippen molar-refractivity contribution in [2.45, 2.75) is 59.3 Å². The zero-order valence-electron chi connectivity index (χ0n) is 18.1. The number of rotatable bonds is 11. The summed E-state index contributed by atoms with van der Waals surface area (Å²) in [5, 5.41) is 3.34. The monoisotopic (exact) mass is 376 g/mol. The second-order valence-corrected chi connectivity index (χ2v) is 7.52. The molecular formula is C26H36N2. The molecule has 1 aromatic carbocycles. The van der Waals surface area contributed by atoms with E-state index in [1.54, 1.807) is 0 Å². The van der Waals surface area contributed by atoms with Crippen LogP contribution in [0.25, 0.3) is 17.2 Å². The van der Waals surface area contributed by atoms with Crippen LogP contribution in [0.4, 0.5) is 5.69 Å². The molecule has 0 aliphatic heterocycles. The van der Waals surface area contributed by atoms with E-state index >= 15 is 0 Å². The molecule has 0 radical (unpaired) electrons. The number of aromatic amines is 1. The molecule has 2 nitrogen and oxygen atoms in total. The highest BCUT2D eigenvalue weighted by atomic mass is 14.8. The lowest BCUT2D eigenvalue weighted by molar-refractivity contribution is 0.717. The van der Waals surface area contributed by atoms with Gasteiger partial charge in [-0.05, 0) is 67.2 Å². The first kappa shape index (κ1) is 21.8. The summed E-state index contributed by atoms with van der Waals surface area (Å²) in [4.78, 5) is 3.51. The normalized spacial score (nSPS) is 11.5. The minimum absolute atomic E-state index is 1.01. The third-order valence-electron chi connectivity index (χ3n) is 5.17. The van der Waals surface area contributed by atoms with Crippen molar-refractivity contribution in [2.24, 2.45) is 0 Å². The van der Waals surface area contributed by atoms with Crippen molar-refractivity contribution in [3.05, 3.63) is 71.6 Å². The number of benzene rings is 1. The molecule has 0 amide bonds. The molecule has 2 rings (SSSR count). The number of allylic oxidation sites excluding steroid dienone is 3. The van der Waals surface area contributed by atoms with E-state index in [-0.39, 0.29) is 0 Å². The van der Waals surface area contributed by atoms with E-state index in [0.717, 1.165) is 41.9 Å². The molecule has 0 spiro atoms. The van der Waals surface area contributed by atoms with Gasteiger partial charge in [-0.15, -0.1) is 0 Å². The molecule has 0 bridgehead atoms. The van der Waals surface area contributed by atoms with E-state index in [9.17, 15) is 0 Å². The highest BCUT2D eigenvalue weighted by Crippen LogP contribution is 2.31. The van der Waals surface area contributed by atoms with Crippen LogP contribution in [0.1, 0.15) is 74.0 Å². The Morgan fingerprint density at radius 1 is 1.11 bits per heavy atom. The first-order valence-corrected chi connectivity index (χ1v) is 10.6. The number of aryl methyl sites for hydroxylation is 2. The Labute approximate surface area is 171 Å². The highest BCUT2D eigenvalue weighted by molar-refractivity contribution is 5.93. The average Bonchev–Trinajstić information content (AvgIpc) is 3.06. The van der Waals surface area contributed by atoms with Gasteiger partial charge in [0, 0.05) is 35.2 Å². The molecule has 150 valence electrons. The summed E-state index contributed by atoms with van der Waals surface area (Å²) in [6.45, 7) is 14.9. The number of hydrogen-bond acceptors (Lipinski definition) is 1. The van der Waals surface area contributed by atoms with E-state index in [2.05, 4.69) is 74.6 Å². The third-order valence-corrected chi connectivity index (χ3v) is 5.17. The van der Waals surface area contributed by atoms with Crippen molar-refractivity contribution in [2.75, 3.05) is 12.4 Å². The van der Waals surface area contributed by atoms with E-state index in [1.807, 2.05) is 13.1 Å². The number of aromatic nitrogens is 1. The maximum Gasteiger partial charge on any atom is 0.0464 e. The SMILES string of the molecule is C=C/C(=C\c1[nH]c(C)cc1C(=C)CCC)c1cc(CCCCC)ccc1NC. The second-order valence-electron chi connectivity index (χ2n) is 7.52. The van der Waals surface area contributed by atoms with Crippen LogP contribution in [0.15, 0.2) is 43.5 Å². The van der Waals surface area contributed by atoms with Gasteiger partial charge < -0.3 is 10.3 Å². The van der Waals surface area contributed by atoms with Crippen molar-refractivity contribution in [1.29, 1.82) is 0 Å². The average molecular weight is 377 g/mol. The Kier molecular flexibility index (Phi) is 8.38. The Morgan fingerprint density at radius 3 is 2.54 bits per heavy atom. The van der Waals surface area contributed by atoms with Gasteiger partial charge in [-0.2, -0.15) is 0 Å². The van der Waals surface area contributed by atoms with Crippen LogP contribution >= 0.6 is 0 Å². The highest BCUT2D eigenvalue weighted by Gasteiger charge is 2.11. The van der Waals surface area contributed by atoms with Crippen molar-refractivity contribution < 1.29 is 0 Å². The Bertz CT molecular complexity index is 836. The van der Waals surface area contributed by atoms with Gasteiger partial charge in [-0.1, -0.05) is 58.4 Å². The van der Waals surface area contributed by atoms with Gasteiger partial charge in [-0.25, -0.2) is 0 Å². The van der Waals surface area contributed by atoms with Gasteiger partial charge in [0.1, 0.15) is 0 Å². The quantitative estimate of drug-likeness (QED) is 0.306. The summed E-state index contributed by atoms with van der Waals surface area (Å²) < 4.78 is 0. The van der Waals surface area contributed by atoms with Crippen molar-refractivity contribution >= 4 is 22.9 Å². The third kappa shape index (κ3) is 5.51. The Morgan fingerprint density at radius 2 is 1.89 bits per heavy atom. The number of anilines is 1. The van der Waals surface area contributed by atoms with Crippen molar-refractivity contribution in [3.63, 3.8) is 0 Å². The summed E-state index contributed by atoms with van der Waals surface area (Å²) in [7, 11) is 1.98. The molecule has 0 aliphatic carbocycles. The number of nitrogens with one attached hydrogen (secondary N) is 2. The summed E-state index contributed by atoms with van der Waals surface area (Å²) in [5.41, 5.74) is 9.50. The lowest BCUT2D eigenvalue weighted by Gasteiger charge is -2.13. The molecule has 0 atom stereocenters. The predicted octanol–water partition coefficient (Wildman–Crippen LogP) is 7.64. The number of unbranched alkanes of at least 4 members (excludes halogenated alkanes) is 2. The van der Waals surface area contributed by atoms with Gasteiger partial charge in [0.25, 0.3) is 0 Å². The van der Waals surface area contributed by atoms with Crippen LogP contribution in [-0.2, 0) is 6.42 Å². The molecule has 0 aliphatic rings. The minimum Gasteiger partial charge on any atom is -0.388 e. The van der Waals surface area contributed by atoms with Crippen LogP contribution < -0.4 is 5.32 Å². The van der Waals surface area contributed by atoms with Crippen molar-refractivity contribution in [3.8, 4) is 0 Å². The van der Waals surface area contributed by atoms with E-state index in [4.69, 9.17) is 0 Å². The Balaban J connectivity index is 2.45. The van der Waals surface area contributed by atoms with E-state index in [0.29, 0.717) is 0 Å². The standard InChI is InChI=1S/C26H36N2/c1-7-10-11-13-21-14-15-25(27-6)24(17-21)22(9-3)18-26-23(16-20(5)28-26)19(4)12-8-2/h9,14-18,27-28H,3-4,7-8,10-13H2,1-2,5-6H3/b22-18+. The zero-order valence-corrected chi connectivity index (χ0v) is 18.1. The number of H-pyrrole nitrogens is 1. The lowest BCUT2D eigenvalue weighted by Crippen LogP contribution is -1.97. The molecule has 2 aromatic rings. The zero-order chi connectivity index (χ0) is 20.5. The summed E-state index contributed by atoms with van der Waals surface area (Å²) in [6, 6.07) is 8.93. The van der Waals surface area contributed by atoms with Gasteiger partial charge in [0.15, 0.2) is 0 Å². The molecule has 0 fully saturated rings. The molecule has 28 heavy (non-hydrogen) atoms. The van der Waals surface area contributed by atoms with Gasteiger partial charge in [-0.3, -0.25) is 0 Å². The molecule has 0 saturated carbocycles. The van der Waals surface area contributed by atoms with Crippen molar-refractivity contribution in [1.82, 2.24) is 4.98 Å². The maximum absolute atomic E-state index is 4.30. The van der Waals surface area contributed by atoms with Crippen LogP contribution in [0.3, 0.4) is 0 Å². The van der Waals surface area contributed by atoms with Crippen LogP contribution in [0, 0.1) is 6.92 Å². The largest absolute Gasteiger partial charge is 0.388 e. The second kappa shape index (κ2) is 10.8. The minimum atomic E-state index is 1.01. The molecule has 1 aromatic heterocycles. The first-order valence-electron chi connectivity index (χ1n) is 10.6. The fraction of sp³-hybridized carbons (Fsp3) is 0.385. The summed E-state index contributed by atoms with van der Waals surface area (Å²) in [6.07, 6.45) is 11.2. The van der Waals surface area contributed by atoms with Gasteiger partial charge in [0.05, 0.1) is 0 Å². The fourth-order valence-electron chi connectivity index (χ4n) is 3.64. The predicted molar refractivity (Wildman–Crippen MR) is 127 cm³/mol. The maximum atomic E-state index is 4.30. The van der Waals surface area contributed by atoms with Gasteiger partial charge in [0.2, 0.25) is 0 Å². The van der Waals surface area contributed by atoms with Gasteiger partial charge >= 0.3 is 0 Å². The van der Waals surface area contributed by atoms with E-state index in [1.165, 1.54) is 41.5 Å². The molecule has 2 N–H and O–H groups in total. The molecular weight excluding hydrogens is 340 g/mol. The van der Waals surface area contributed by atoms with Crippen LogP contribution in [-0.4, -0.2) is 12.0 Å². The molecule has 0 unspecified atom stereocenters. The number of hydrogen-bond donors (Lipinski definition) is 2. The summed E-state index contributed by atoms with van der Waals surface area (Å²) >= 11 is 0. The summed E-state index contributed by atoms with van der Waals surface area (Å²) in [5.74, 6) is 0. The molecule has 1 heterocycles. The van der Waals surface area contributed by atoms with E-state index < -0.39 is 0 Å². The van der Waals surface area contributed by atoms with Crippen LogP contribution in [0.2, 0.25) is 0 Å². The molecule has 0 saturated heterocycles. The first-order chi connectivity index (χ1) is 13.5. The topological polar surface area (TPSA) is 27.8 Å². The Hall–Kier alpha value is -2.48. The molecule has 2 heteroatoms.